The highest BCUT2D eigenvalue weighted by atomic mass is 16.5. The van der Waals surface area contributed by atoms with Crippen molar-refractivity contribution < 1.29 is 19.4 Å². The lowest BCUT2D eigenvalue weighted by molar-refractivity contribution is -0.131. The van der Waals surface area contributed by atoms with E-state index in [1.165, 1.54) is 0 Å². The number of fused-ring (bicyclic) bond motifs is 1. The largest absolute Gasteiger partial charge is 0.508 e. The molecule has 7 heteroatoms. The number of methoxy groups -OCH3 is 1. The second-order valence-electron chi connectivity index (χ2n) is 7.77. The van der Waals surface area contributed by atoms with E-state index in [0.29, 0.717) is 19.8 Å². The van der Waals surface area contributed by atoms with Crippen molar-refractivity contribution in [3.63, 3.8) is 0 Å². The van der Waals surface area contributed by atoms with Gasteiger partial charge in [-0.3, -0.25) is 4.79 Å². The summed E-state index contributed by atoms with van der Waals surface area (Å²) in [6, 6.07) is 14.5. The summed E-state index contributed by atoms with van der Waals surface area (Å²) in [7, 11) is 1.64. The number of nitrogens with zero attached hydrogens (tertiary/aromatic N) is 1. The van der Waals surface area contributed by atoms with E-state index in [1.807, 2.05) is 41.3 Å². The van der Waals surface area contributed by atoms with Crippen molar-refractivity contribution in [2.45, 2.75) is 31.5 Å². The van der Waals surface area contributed by atoms with Crippen LogP contribution in [0.5, 0.6) is 11.5 Å². The molecule has 2 fully saturated rings. The number of likely N-dealkylation sites (tertiary alicyclic amines) is 1. The summed E-state index contributed by atoms with van der Waals surface area (Å²) in [5, 5.41) is 10.5. The lowest BCUT2D eigenvalue weighted by atomic mass is 9.83. The van der Waals surface area contributed by atoms with E-state index < -0.39 is 0 Å². The topological polar surface area (TPSA) is 83.1 Å². The van der Waals surface area contributed by atoms with Crippen LogP contribution in [-0.4, -0.2) is 48.8 Å². The van der Waals surface area contributed by atoms with Gasteiger partial charge in [0.05, 0.1) is 25.3 Å². The van der Waals surface area contributed by atoms with E-state index in [0.717, 1.165) is 23.3 Å². The molecule has 2 heterocycles. The van der Waals surface area contributed by atoms with Crippen molar-refractivity contribution in [1.29, 1.82) is 0 Å². The maximum Gasteiger partial charge on any atom is 0.242 e. The van der Waals surface area contributed by atoms with E-state index in [2.05, 4.69) is 17.8 Å². The van der Waals surface area contributed by atoms with Gasteiger partial charge in [-0.15, -0.1) is 0 Å². The van der Waals surface area contributed by atoms with Crippen LogP contribution in [0.1, 0.15) is 36.6 Å². The van der Waals surface area contributed by atoms with Gasteiger partial charge in [0.25, 0.3) is 0 Å². The summed E-state index contributed by atoms with van der Waals surface area (Å²) in [6.07, 6.45) is 0.931. The Bertz CT molecular complexity index is 890. The standard InChI is InChI=1S/C23H29N3O4/c1-3-12-30-16-8-6-7-15(14-16)22-19-20(17-9-4-5-10-18(17)27)24-25-21(19)23(28)26(22)11-13-29-2/h4-10,14,19-22,24-25,27H,3,11-13H2,1-2H3. The Hall–Kier alpha value is -2.61. The van der Waals surface area contributed by atoms with Crippen LogP contribution in [0.15, 0.2) is 48.5 Å². The average molecular weight is 412 g/mol. The summed E-state index contributed by atoms with van der Waals surface area (Å²) >= 11 is 0. The van der Waals surface area contributed by atoms with E-state index in [1.54, 1.807) is 19.2 Å². The number of ether oxygens (including phenoxy) is 2. The minimum absolute atomic E-state index is 0.0346. The fourth-order valence-electron chi connectivity index (χ4n) is 4.56. The SMILES string of the molecule is CCCOc1cccc(C2C3C(NNC3c3ccccc3O)C(=O)N2CCOC)c1. The number of nitrogens with one attached hydrogen (secondary N) is 2. The Kier molecular flexibility index (Phi) is 6.22. The molecule has 1 amide bonds. The highest BCUT2D eigenvalue weighted by molar-refractivity contribution is 5.86. The van der Waals surface area contributed by atoms with Gasteiger partial charge in [0.2, 0.25) is 5.91 Å². The molecule has 2 aromatic rings. The van der Waals surface area contributed by atoms with Crippen LogP contribution in [0.3, 0.4) is 0 Å². The van der Waals surface area contributed by atoms with E-state index in [4.69, 9.17) is 9.47 Å². The first-order valence-corrected chi connectivity index (χ1v) is 10.5. The zero-order chi connectivity index (χ0) is 21.1. The minimum atomic E-state index is -0.378. The number of benzene rings is 2. The van der Waals surface area contributed by atoms with Gasteiger partial charge >= 0.3 is 0 Å². The van der Waals surface area contributed by atoms with E-state index in [9.17, 15) is 9.90 Å². The number of para-hydroxylation sites is 1. The van der Waals surface area contributed by atoms with Crippen molar-refractivity contribution in [2.75, 3.05) is 26.9 Å². The first-order chi connectivity index (χ1) is 14.7. The summed E-state index contributed by atoms with van der Waals surface area (Å²) in [5.41, 5.74) is 8.23. The molecule has 0 radical (unpaired) electrons. The van der Waals surface area contributed by atoms with E-state index >= 15 is 0 Å². The van der Waals surface area contributed by atoms with Crippen molar-refractivity contribution in [2.24, 2.45) is 5.92 Å². The molecule has 3 N–H and O–H groups in total. The summed E-state index contributed by atoms with van der Waals surface area (Å²) < 4.78 is 11.1. The average Bonchev–Trinajstić information content (AvgIpc) is 3.30. The molecule has 0 spiro atoms. The van der Waals surface area contributed by atoms with E-state index in [-0.39, 0.29) is 35.7 Å². The van der Waals surface area contributed by atoms with Gasteiger partial charge in [0.1, 0.15) is 17.5 Å². The summed E-state index contributed by atoms with van der Waals surface area (Å²) in [4.78, 5) is 15.2. The molecule has 0 saturated carbocycles. The zero-order valence-electron chi connectivity index (χ0n) is 17.4. The highest BCUT2D eigenvalue weighted by Gasteiger charge is 2.55. The molecule has 0 bridgehead atoms. The van der Waals surface area contributed by atoms with Gasteiger partial charge in [0, 0.05) is 25.1 Å². The second kappa shape index (κ2) is 9.04. The van der Waals surface area contributed by atoms with Gasteiger partial charge in [-0.25, -0.2) is 10.9 Å². The van der Waals surface area contributed by atoms with Gasteiger partial charge < -0.3 is 19.5 Å². The Morgan fingerprint density at radius 1 is 1.07 bits per heavy atom. The number of amides is 1. The lowest BCUT2D eigenvalue weighted by Crippen LogP contribution is -2.42. The summed E-state index contributed by atoms with van der Waals surface area (Å²) in [5.74, 6) is 0.963. The van der Waals surface area contributed by atoms with Gasteiger partial charge in [-0.05, 0) is 30.2 Å². The van der Waals surface area contributed by atoms with Crippen LogP contribution >= 0.6 is 0 Å². The Morgan fingerprint density at radius 2 is 1.87 bits per heavy atom. The van der Waals surface area contributed by atoms with Gasteiger partial charge in [0.15, 0.2) is 0 Å². The Morgan fingerprint density at radius 3 is 2.63 bits per heavy atom. The van der Waals surface area contributed by atoms with Crippen LogP contribution in [0.2, 0.25) is 0 Å². The zero-order valence-corrected chi connectivity index (χ0v) is 17.4. The fraction of sp³-hybridized carbons (Fsp3) is 0.435. The number of phenols is 1. The number of rotatable bonds is 8. The number of aromatic hydroxyl groups is 1. The van der Waals surface area contributed by atoms with Crippen LogP contribution in [0.4, 0.5) is 0 Å². The Balaban J connectivity index is 1.73. The van der Waals surface area contributed by atoms with Crippen LogP contribution in [0, 0.1) is 5.92 Å². The highest BCUT2D eigenvalue weighted by Crippen LogP contribution is 2.48. The maximum absolute atomic E-state index is 13.3. The number of carbonyl (C=O) groups is 1. The molecular formula is C23H29N3O4. The third-order valence-corrected chi connectivity index (χ3v) is 5.89. The van der Waals surface area contributed by atoms with Gasteiger partial charge in [-0.2, -0.15) is 0 Å². The van der Waals surface area contributed by atoms with Crippen molar-refractivity contribution >= 4 is 5.91 Å². The molecule has 4 atom stereocenters. The molecule has 160 valence electrons. The van der Waals surface area contributed by atoms with Gasteiger partial charge in [-0.1, -0.05) is 37.3 Å². The van der Waals surface area contributed by atoms with Crippen molar-refractivity contribution in [1.82, 2.24) is 15.8 Å². The van der Waals surface area contributed by atoms with Crippen LogP contribution < -0.4 is 15.6 Å². The van der Waals surface area contributed by atoms with Crippen molar-refractivity contribution in [3.05, 3.63) is 59.7 Å². The number of hydrazine groups is 1. The quantitative estimate of drug-likeness (QED) is 0.619. The first kappa shape index (κ1) is 20.7. The molecule has 2 aliphatic rings. The fourth-order valence-corrected chi connectivity index (χ4v) is 4.56. The smallest absolute Gasteiger partial charge is 0.242 e. The Labute approximate surface area is 177 Å². The molecule has 4 unspecified atom stereocenters. The van der Waals surface area contributed by atoms with Crippen molar-refractivity contribution in [3.8, 4) is 11.5 Å². The predicted molar refractivity (Wildman–Crippen MR) is 113 cm³/mol. The summed E-state index contributed by atoms with van der Waals surface area (Å²) in [6.45, 7) is 3.68. The predicted octanol–water partition coefficient (Wildman–Crippen LogP) is 2.54. The molecule has 0 aliphatic carbocycles. The second-order valence-corrected chi connectivity index (χ2v) is 7.77. The number of phenolic OH excluding ortho intramolecular Hbond substituents is 1. The minimum Gasteiger partial charge on any atom is -0.508 e. The van der Waals surface area contributed by atoms with Crippen LogP contribution in [-0.2, 0) is 9.53 Å². The number of hydrogen-bond acceptors (Lipinski definition) is 6. The first-order valence-electron chi connectivity index (χ1n) is 10.5. The molecule has 2 aliphatic heterocycles. The molecule has 7 nitrogen and oxygen atoms in total. The molecule has 4 rings (SSSR count). The molecule has 2 aromatic carbocycles. The molecule has 0 aromatic heterocycles. The number of hydrogen-bond donors (Lipinski definition) is 3. The van der Waals surface area contributed by atoms with Crippen LogP contribution in [0.25, 0.3) is 0 Å². The normalized spacial score (nSPS) is 25.5. The number of carbonyl (C=O) groups excluding carboxylic acids is 1. The third-order valence-electron chi connectivity index (χ3n) is 5.89. The maximum atomic E-state index is 13.3. The molecule has 2 saturated heterocycles. The molecular weight excluding hydrogens is 382 g/mol. The third kappa shape index (κ3) is 3.76. The molecule has 30 heavy (non-hydrogen) atoms. The lowest BCUT2D eigenvalue weighted by Gasteiger charge is -2.31. The monoisotopic (exact) mass is 411 g/mol.